The Balaban J connectivity index is 2.52. The lowest BCUT2D eigenvalue weighted by molar-refractivity contribution is 0.187. The van der Waals surface area contributed by atoms with Crippen molar-refractivity contribution >= 4 is 16.7 Å². The average Bonchev–Trinajstić information content (AvgIpc) is 2.55. The maximum Gasteiger partial charge on any atom is 0.203 e. The van der Waals surface area contributed by atoms with E-state index < -0.39 is 10.8 Å². The van der Waals surface area contributed by atoms with Gasteiger partial charge in [-0.3, -0.25) is 4.21 Å². The highest BCUT2D eigenvalue weighted by Crippen LogP contribution is 2.07. The summed E-state index contributed by atoms with van der Waals surface area (Å²) < 4.78 is 18.0. The van der Waals surface area contributed by atoms with Crippen LogP contribution in [-0.4, -0.2) is 46.0 Å². The predicted molar refractivity (Wildman–Crippen MR) is 66.3 cm³/mol. The summed E-state index contributed by atoms with van der Waals surface area (Å²) in [6, 6.07) is 0. The van der Waals surface area contributed by atoms with Crippen molar-refractivity contribution in [2.24, 2.45) is 0 Å². The average molecular weight is 245 g/mol. The van der Waals surface area contributed by atoms with Gasteiger partial charge in [0.1, 0.15) is 0 Å². The number of imidazole rings is 1. The van der Waals surface area contributed by atoms with Crippen LogP contribution in [0, 0.1) is 6.92 Å². The molecule has 0 aliphatic heterocycles. The van der Waals surface area contributed by atoms with E-state index in [1.165, 1.54) is 0 Å². The molecule has 0 fully saturated rings. The van der Waals surface area contributed by atoms with Gasteiger partial charge in [-0.25, -0.2) is 4.98 Å². The first-order valence-electron chi connectivity index (χ1n) is 5.20. The summed E-state index contributed by atoms with van der Waals surface area (Å²) in [4.78, 5) is 4.36. The van der Waals surface area contributed by atoms with Crippen molar-refractivity contribution in [1.82, 2.24) is 9.55 Å². The fourth-order valence-electron chi connectivity index (χ4n) is 1.35. The molecule has 6 heteroatoms. The van der Waals surface area contributed by atoms with Crippen LogP contribution in [0.15, 0.2) is 6.20 Å². The Morgan fingerprint density at radius 1 is 1.62 bits per heavy atom. The third kappa shape index (κ3) is 4.32. The fraction of sp³-hybridized carbons (Fsp3) is 0.700. The minimum atomic E-state index is -0.769. The summed E-state index contributed by atoms with van der Waals surface area (Å²) in [6.07, 6.45) is 3.68. The Bertz CT molecular complexity index is 352. The Labute approximate surface area is 98.7 Å². The molecular weight excluding hydrogens is 226 g/mol. The fourth-order valence-corrected chi connectivity index (χ4v) is 1.74. The SMILES string of the molecule is COCCn1cc(C)nc1NCCS(C)=O. The van der Waals surface area contributed by atoms with Crippen LogP contribution < -0.4 is 5.32 Å². The second-order valence-electron chi connectivity index (χ2n) is 3.60. The molecule has 1 rings (SSSR count). The van der Waals surface area contributed by atoms with Gasteiger partial charge in [-0.15, -0.1) is 0 Å². The first-order valence-corrected chi connectivity index (χ1v) is 6.93. The van der Waals surface area contributed by atoms with E-state index in [0.717, 1.165) is 18.2 Å². The zero-order valence-corrected chi connectivity index (χ0v) is 10.8. The maximum absolute atomic E-state index is 10.9. The summed E-state index contributed by atoms with van der Waals surface area (Å²) in [5, 5.41) is 3.18. The number of nitrogens with zero attached hydrogens (tertiary/aromatic N) is 2. The molecule has 1 N–H and O–H groups in total. The molecule has 0 amide bonds. The van der Waals surface area contributed by atoms with E-state index in [1.807, 2.05) is 17.7 Å². The van der Waals surface area contributed by atoms with Crippen LogP contribution in [0.1, 0.15) is 5.69 Å². The molecule has 1 aromatic rings. The highest BCUT2D eigenvalue weighted by atomic mass is 32.2. The van der Waals surface area contributed by atoms with Crippen LogP contribution in [0.25, 0.3) is 0 Å². The van der Waals surface area contributed by atoms with Gasteiger partial charge in [-0.1, -0.05) is 0 Å². The molecule has 0 saturated heterocycles. The molecule has 0 aliphatic carbocycles. The van der Waals surface area contributed by atoms with Gasteiger partial charge in [-0.05, 0) is 6.92 Å². The topological polar surface area (TPSA) is 56.1 Å². The molecule has 0 saturated carbocycles. The minimum absolute atomic E-state index is 0.635. The second kappa shape index (κ2) is 6.65. The maximum atomic E-state index is 10.9. The normalized spacial score (nSPS) is 12.7. The Morgan fingerprint density at radius 3 is 3.00 bits per heavy atom. The van der Waals surface area contributed by atoms with Crippen molar-refractivity contribution in [3.63, 3.8) is 0 Å². The van der Waals surface area contributed by atoms with E-state index in [2.05, 4.69) is 10.3 Å². The van der Waals surface area contributed by atoms with Gasteiger partial charge in [-0.2, -0.15) is 0 Å². The highest BCUT2D eigenvalue weighted by molar-refractivity contribution is 7.84. The van der Waals surface area contributed by atoms with Crippen molar-refractivity contribution in [2.75, 3.05) is 37.6 Å². The summed E-state index contributed by atoms with van der Waals surface area (Å²) >= 11 is 0. The number of anilines is 1. The van der Waals surface area contributed by atoms with Gasteiger partial charge in [0, 0.05) is 49.2 Å². The van der Waals surface area contributed by atoms with Crippen molar-refractivity contribution in [2.45, 2.75) is 13.5 Å². The van der Waals surface area contributed by atoms with Crippen LogP contribution in [0.5, 0.6) is 0 Å². The molecule has 5 nitrogen and oxygen atoms in total. The van der Waals surface area contributed by atoms with Crippen molar-refractivity contribution < 1.29 is 8.95 Å². The lowest BCUT2D eigenvalue weighted by Gasteiger charge is -2.08. The van der Waals surface area contributed by atoms with Gasteiger partial charge in [0.05, 0.1) is 12.3 Å². The summed E-state index contributed by atoms with van der Waals surface area (Å²) in [5.41, 5.74) is 0.969. The molecule has 92 valence electrons. The second-order valence-corrected chi connectivity index (χ2v) is 5.15. The van der Waals surface area contributed by atoms with Gasteiger partial charge < -0.3 is 14.6 Å². The van der Waals surface area contributed by atoms with Crippen LogP contribution in [-0.2, 0) is 22.1 Å². The summed E-state index contributed by atoms with van der Waals surface area (Å²) in [5.74, 6) is 1.45. The molecule has 1 aromatic heterocycles. The van der Waals surface area contributed by atoms with Gasteiger partial charge >= 0.3 is 0 Å². The van der Waals surface area contributed by atoms with E-state index in [-0.39, 0.29) is 0 Å². The summed E-state index contributed by atoms with van der Waals surface area (Å²) in [6.45, 7) is 4.05. The van der Waals surface area contributed by atoms with Gasteiger partial charge in [0.15, 0.2) is 0 Å². The number of hydrogen-bond donors (Lipinski definition) is 1. The molecule has 1 heterocycles. The third-order valence-corrected chi connectivity index (χ3v) is 2.88. The first kappa shape index (κ1) is 13.2. The number of aryl methyl sites for hydroxylation is 1. The minimum Gasteiger partial charge on any atom is -0.383 e. The number of hydrogen-bond acceptors (Lipinski definition) is 4. The van der Waals surface area contributed by atoms with E-state index in [9.17, 15) is 4.21 Å². The van der Waals surface area contributed by atoms with Crippen molar-refractivity contribution in [3.05, 3.63) is 11.9 Å². The summed E-state index contributed by atoms with van der Waals surface area (Å²) in [7, 11) is 0.909. The molecule has 0 radical (unpaired) electrons. The lowest BCUT2D eigenvalue weighted by atomic mass is 10.5. The van der Waals surface area contributed by atoms with Crippen molar-refractivity contribution in [3.8, 4) is 0 Å². The van der Waals surface area contributed by atoms with Gasteiger partial charge in [0.2, 0.25) is 5.95 Å². The quantitative estimate of drug-likeness (QED) is 0.765. The van der Waals surface area contributed by atoms with Crippen LogP contribution in [0.4, 0.5) is 5.95 Å². The van der Waals surface area contributed by atoms with Crippen LogP contribution in [0.2, 0.25) is 0 Å². The first-order chi connectivity index (χ1) is 7.63. The number of rotatable bonds is 7. The molecule has 0 aromatic carbocycles. The van der Waals surface area contributed by atoms with E-state index >= 15 is 0 Å². The Hall–Kier alpha value is -0.880. The lowest BCUT2D eigenvalue weighted by Crippen LogP contribution is -2.14. The van der Waals surface area contributed by atoms with Crippen molar-refractivity contribution in [1.29, 1.82) is 0 Å². The van der Waals surface area contributed by atoms with E-state index in [1.54, 1.807) is 13.4 Å². The van der Waals surface area contributed by atoms with E-state index in [0.29, 0.717) is 18.9 Å². The predicted octanol–water partition coefficient (Wildman–Crippen LogP) is 0.628. The largest absolute Gasteiger partial charge is 0.383 e. The standard InChI is InChI=1S/C10H19N3O2S/c1-9-8-13(5-6-15-2)10(12-9)11-4-7-16(3)14/h8H,4-7H2,1-3H3,(H,11,12). The third-order valence-electron chi connectivity index (χ3n) is 2.11. The number of nitrogens with one attached hydrogen (secondary N) is 1. The Kier molecular flexibility index (Phi) is 5.48. The molecular formula is C10H19N3O2S. The zero-order valence-electron chi connectivity index (χ0n) is 10.0. The van der Waals surface area contributed by atoms with E-state index in [4.69, 9.17) is 4.74 Å². The molecule has 1 unspecified atom stereocenters. The number of methoxy groups -OCH3 is 1. The molecule has 0 bridgehead atoms. The highest BCUT2D eigenvalue weighted by Gasteiger charge is 2.04. The number of ether oxygens (including phenoxy) is 1. The molecule has 16 heavy (non-hydrogen) atoms. The molecule has 1 atom stereocenters. The Morgan fingerprint density at radius 2 is 2.38 bits per heavy atom. The molecule has 0 spiro atoms. The number of aromatic nitrogens is 2. The van der Waals surface area contributed by atoms with Crippen LogP contribution >= 0.6 is 0 Å². The monoisotopic (exact) mass is 245 g/mol. The smallest absolute Gasteiger partial charge is 0.203 e. The molecule has 0 aliphatic rings. The zero-order chi connectivity index (χ0) is 12.0. The van der Waals surface area contributed by atoms with Gasteiger partial charge in [0.25, 0.3) is 0 Å². The van der Waals surface area contributed by atoms with Crippen LogP contribution in [0.3, 0.4) is 0 Å².